The number of rotatable bonds is 7. The Morgan fingerprint density at radius 1 is 1.23 bits per heavy atom. The van der Waals surface area contributed by atoms with Gasteiger partial charge in [-0.2, -0.15) is 4.31 Å². The molecule has 0 bridgehead atoms. The maximum absolute atomic E-state index is 13.2. The second-order valence-corrected chi connectivity index (χ2v) is 9.43. The van der Waals surface area contributed by atoms with Crippen molar-refractivity contribution in [3.8, 4) is 5.75 Å². The third-order valence-corrected chi connectivity index (χ3v) is 7.29. The number of aryl methyl sites for hydroxylation is 1. The van der Waals surface area contributed by atoms with E-state index in [1.165, 1.54) is 0 Å². The van der Waals surface area contributed by atoms with E-state index in [2.05, 4.69) is 6.92 Å². The number of methoxy groups -OCH3 is 1. The molecule has 0 radical (unpaired) electrons. The van der Waals surface area contributed by atoms with Gasteiger partial charge in [0.05, 0.1) is 18.6 Å². The largest absolute Gasteiger partial charge is 0.496 e. The van der Waals surface area contributed by atoms with E-state index in [0.717, 1.165) is 36.3 Å². The molecule has 2 aromatic rings. The van der Waals surface area contributed by atoms with Crippen molar-refractivity contribution in [1.82, 2.24) is 4.31 Å². The zero-order chi connectivity index (χ0) is 18.5. The lowest BCUT2D eigenvalue weighted by molar-refractivity contribution is 0.347. The van der Waals surface area contributed by atoms with Gasteiger partial charge in [-0.1, -0.05) is 6.92 Å². The van der Waals surface area contributed by atoms with E-state index >= 15 is 0 Å². The summed E-state index contributed by atoms with van der Waals surface area (Å²) < 4.78 is 39.2. The number of nitrogens with zero attached hydrogens (tertiary/aromatic N) is 1. The molecule has 0 saturated heterocycles. The molecule has 26 heavy (non-hydrogen) atoms. The normalized spacial score (nSPS) is 22.6. The van der Waals surface area contributed by atoms with Crippen LogP contribution >= 0.6 is 0 Å². The Bertz CT molecular complexity index is 914. The molecule has 1 heterocycles. The van der Waals surface area contributed by atoms with Gasteiger partial charge < -0.3 is 9.15 Å². The third-order valence-electron chi connectivity index (χ3n) is 5.40. The van der Waals surface area contributed by atoms with Crippen LogP contribution in [0.3, 0.4) is 0 Å². The highest BCUT2D eigenvalue weighted by Gasteiger charge is 2.40. The molecule has 140 valence electrons. The highest BCUT2D eigenvalue weighted by molar-refractivity contribution is 7.89. The standard InChI is InChI=1S/C20H25NO4S/c1-13-11-18(13)20-8-6-16(25-20)12-21(15-4-5-15)26(22,23)17-7-9-19(24-3)14(2)10-17/h6-10,13,15,18H,4-5,11-12H2,1-3H3. The number of hydrogen-bond acceptors (Lipinski definition) is 4. The molecule has 1 aromatic carbocycles. The molecule has 0 spiro atoms. The highest BCUT2D eigenvalue weighted by Crippen LogP contribution is 2.47. The summed E-state index contributed by atoms with van der Waals surface area (Å²) in [6.45, 7) is 4.36. The first kappa shape index (κ1) is 17.6. The summed E-state index contributed by atoms with van der Waals surface area (Å²) in [5.74, 6) is 3.57. The minimum Gasteiger partial charge on any atom is -0.496 e. The first-order valence-electron chi connectivity index (χ1n) is 9.15. The molecular weight excluding hydrogens is 350 g/mol. The quantitative estimate of drug-likeness (QED) is 0.732. The van der Waals surface area contributed by atoms with Gasteiger partial charge in [0.1, 0.15) is 17.3 Å². The molecule has 4 rings (SSSR count). The van der Waals surface area contributed by atoms with Crippen molar-refractivity contribution in [2.24, 2.45) is 5.92 Å². The number of hydrogen-bond donors (Lipinski definition) is 0. The molecule has 5 nitrogen and oxygen atoms in total. The average Bonchev–Trinajstić information content (AvgIpc) is 3.53. The van der Waals surface area contributed by atoms with E-state index in [1.54, 1.807) is 29.6 Å². The van der Waals surface area contributed by atoms with Crippen LogP contribution in [0.1, 0.15) is 49.2 Å². The Balaban J connectivity index is 1.59. The summed E-state index contributed by atoms with van der Waals surface area (Å²) in [5, 5.41) is 0. The molecule has 2 aliphatic rings. The van der Waals surface area contributed by atoms with Crippen LogP contribution in [0, 0.1) is 12.8 Å². The minimum absolute atomic E-state index is 0.0656. The Hall–Kier alpha value is -1.79. The van der Waals surface area contributed by atoms with Crippen molar-refractivity contribution < 1.29 is 17.6 Å². The van der Waals surface area contributed by atoms with Crippen molar-refractivity contribution in [2.45, 2.75) is 56.5 Å². The molecule has 0 aliphatic heterocycles. The van der Waals surface area contributed by atoms with Crippen molar-refractivity contribution in [3.63, 3.8) is 0 Å². The maximum Gasteiger partial charge on any atom is 0.243 e. The molecule has 2 atom stereocenters. The lowest BCUT2D eigenvalue weighted by atomic mass is 10.2. The zero-order valence-corrected chi connectivity index (χ0v) is 16.3. The van der Waals surface area contributed by atoms with Gasteiger partial charge in [0.15, 0.2) is 0 Å². The fourth-order valence-corrected chi connectivity index (χ4v) is 5.21. The summed E-state index contributed by atoms with van der Waals surface area (Å²) >= 11 is 0. The maximum atomic E-state index is 13.2. The van der Waals surface area contributed by atoms with Gasteiger partial charge in [0.25, 0.3) is 0 Å². The van der Waals surface area contributed by atoms with Gasteiger partial charge >= 0.3 is 0 Å². The second kappa shape index (κ2) is 6.43. The Kier molecular flexibility index (Phi) is 4.35. The van der Waals surface area contributed by atoms with E-state index in [-0.39, 0.29) is 6.04 Å². The molecular formula is C20H25NO4S. The molecule has 2 saturated carbocycles. The van der Waals surface area contributed by atoms with E-state index in [1.807, 2.05) is 19.1 Å². The van der Waals surface area contributed by atoms with Crippen LogP contribution in [0.25, 0.3) is 0 Å². The van der Waals surface area contributed by atoms with Gasteiger partial charge in [-0.15, -0.1) is 0 Å². The Labute approximate surface area is 155 Å². The Morgan fingerprint density at radius 3 is 2.54 bits per heavy atom. The number of benzene rings is 1. The summed E-state index contributed by atoms with van der Waals surface area (Å²) in [4.78, 5) is 0.310. The molecule has 0 amide bonds. The molecule has 0 N–H and O–H groups in total. The van der Waals surface area contributed by atoms with Crippen LogP contribution in [0.15, 0.2) is 39.6 Å². The third kappa shape index (κ3) is 3.28. The number of ether oxygens (including phenoxy) is 1. The van der Waals surface area contributed by atoms with Gasteiger partial charge in [-0.25, -0.2) is 8.42 Å². The van der Waals surface area contributed by atoms with Crippen molar-refractivity contribution in [3.05, 3.63) is 47.4 Å². The van der Waals surface area contributed by atoms with E-state index < -0.39 is 10.0 Å². The Morgan fingerprint density at radius 2 is 1.96 bits per heavy atom. The summed E-state index contributed by atoms with van der Waals surface area (Å²) in [5.41, 5.74) is 0.812. The fraction of sp³-hybridized carbons (Fsp3) is 0.500. The van der Waals surface area contributed by atoms with Gasteiger partial charge in [0.2, 0.25) is 10.0 Å². The van der Waals surface area contributed by atoms with E-state index in [0.29, 0.717) is 29.0 Å². The molecule has 1 aromatic heterocycles. The lowest BCUT2D eigenvalue weighted by Crippen LogP contribution is -2.32. The average molecular weight is 375 g/mol. The molecule has 2 unspecified atom stereocenters. The van der Waals surface area contributed by atoms with E-state index in [9.17, 15) is 8.42 Å². The summed E-state index contributed by atoms with van der Waals surface area (Å²) in [7, 11) is -1.99. The minimum atomic E-state index is -3.57. The zero-order valence-electron chi connectivity index (χ0n) is 15.4. The van der Waals surface area contributed by atoms with Crippen LogP contribution in [-0.2, 0) is 16.6 Å². The lowest BCUT2D eigenvalue weighted by Gasteiger charge is -2.21. The molecule has 2 fully saturated rings. The smallest absolute Gasteiger partial charge is 0.243 e. The van der Waals surface area contributed by atoms with Crippen LogP contribution in [-0.4, -0.2) is 25.9 Å². The first-order chi connectivity index (χ1) is 12.4. The van der Waals surface area contributed by atoms with Gasteiger partial charge in [0, 0.05) is 12.0 Å². The van der Waals surface area contributed by atoms with E-state index in [4.69, 9.17) is 9.15 Å². The molecule has 6 heteroatoms. The van der Waals surface area contributed by atoms with Crippen LogP contribution in [0.4, 0.5) is 0 Å². The fourth-order valence-electron chi connectivity index (χ4n) is 3.47. The highest BCUT2D eigenvalue weighted by atomic mass is 32.2. The summed E-state index contributed by atoms with van der Waals surface area (Å²) in [6, 6.07) is 9.01. The SMILES string of the molecule is COc1ccc(S(=O)(=O)N(Cc2ccc(C3CC3C)o2)C2CC2)cc1C. The van der Waals surface area contributed by atoms with Crippen LogP contribution in [0.2, 0.25) is 0 Å². The topological polar surface area (TPSA) is 59.8 Å². The number of furan rings is 1. The molecule has 2 aliphatic carbocycles. The number of sulfonamides is 1. The van der Waals surface area contributed by atoms with Crippen molar-refractivity contribution in [1.29, 1.82) is 0 Å². The van der Waals surface area contributed by atoms with Crippen molar-refractivity contribution >= 4 is 10.0 Å². The first-order valence-corrected chi connectivity index (χ1v) is 10.6. The second-order valence-electron chi connectivity index (χ2n) is 7.54. The van der Waals surface area contributed by atoms with Crippen molar-refractivity contribution in [2.75, 3.05) is 7.11 Å². The van der Waals surface area contributed by atoms with Crippen LogP contribution < -0.4 is 4.74 Å². The predicted molar refractivity (Wildman–Crippen MR) is 98.7 cm³/mol. The predicted octanol–water partition coefficient (Wildman–Crippen LogP) is 4.07. The monoisotopic (exact) mass is 375 g/mol. The van der Waals surface area contributed by atoms with Gasteiger partial charge in [-0.05, 0) is 68.0 Å². The van der Waals surface area contributed by atoms with Gasteiger partial charge in [-0.3, -0.25) is 0 Å². The van der Waals surface area contributed by atoms with Crippen LogP contribution in [0.5, 0.6) is 5.75 Å². The summed E-state index contributed by atoms with van der Waals surface area (Å²) in [6.07, 6.45) is 2.96.